The van der Waals surface area contributed by atoms with Gasteiger partial charge in [0.05, 0.1) is 0 Å². The number of aromatic nitrogens is 3. The summed E-state index contributed by atoms with van der Waals surface area (Å²) in [5.74, 6) is 1.84. The molecule has 0 aliphatic heterocycles. The van der Waals surface area contributed by atoms with Crippen molar-refractivity contribution in [1.82, 2.24) is 14.8 Å². The lowest BCUT2D eigenvalue weighted by molar-refractivity contribution is 0.556. The molecule has 1 aromatic heterocycles. The Morgan fingerprint density at radius 2 is 1.75 bits per heavy atom. The highest BCUT2D eigenvalue weighted by molar-refractivity contribution is 5.19. The molecule has 12 heavy (non-hydrogen) atoms. The van der Waals surface area contributed by atoms with Gasteiger partial charge in [-0.15, -0.1) is 10.2 Å². The van der Waals surface area contributed by atoms with E-state index in [-0.39, 0.29) is 0 Å². The van der Waals surface area contributed by atoms with E-state index in [9.17, 15) is 0 Å². The first kappa shape index (κ1) is 9.03. The summed E-state index contributed by atoms with van der Waals surface area (Å²) >= 11 is 0. The lowest BCUT2D eigenvalue weighted by Crippen LogP contribution is -2.10. The predicted octanol–water partition coefficient (Wildman–Crippen LogP) is 1.56. The van der Waals surface area contributed by atoms with Gasteiger partial charge in [0.15, 0.2) is 0 Å². The standard InChI is InChI=1S/C8H16N4/c1-5(2)7-10-11-8(9)12(7)6(3)4/h5-6H,1-4H3,(H2,9,11). The summed E-state index contributed by atoms with van der Waals surface area (Å²) in [5.41, 5.74) is 5.67. The molecule has 2 N–H and O–H groups in total. The smallest absolute Gasteiger partial charge is 0.222 e. The average molecular weight is 168 g/mol. The molecule has 0 saturated heterocycles. The van der Waals surface area contributed by atoms with Gasteiger partial charge >= 0.3 is 0 Å². The second kappa shape index (κ2) is 3.13. The van der Waals surface area contributed by atoms with Crippen LogP contribution in [0.1, 0.15) is 45.5 Å². The third-order valence-electron chi connectivity index (χ3n) is 1.78. The Labute approximate surface area is 72.8 Å². The van der Waals surface area contributed by atoms with E-state index in [0.717, 1.165) is 5.82 Å². The van der Waals surface area contributed by atoms with Crippen LogP contribution in [0.4, 0.5) is 5.95 Å². The van der Waals surface area contributed by atoms with E-state index in [2.05, 4.69) is 37.9 Å². The zero-order valence-corrected chi connectivity index (χ0v) is 8.07. The summed E-state index contributed by atoms with van der Waals surface area (Å²) in [7, 11) is 0. The molecule has 0 radical (unpaired) electrons. The van der Waals surface area contributed by atoms with Gasteiger partial charge in [0.25, 0.3) is 0 Å². The second-order valence-electron chi connectivity index (χ2n) is 3.53. The fourth-order valence-corrected chi connectivity index (χ4v) is 1.24. The highest BCUT2D eigenvalue weighted by Crippen LogP contribution is 2.19. The third kappa shape index (κ3) is 1.42. The van der Waals surface area contributed by atoms with Crippen molar-refractivity contribution < 1.29 is 0 Å². The Balaban J connectivity index is 3.12. The van der Waals surface area contributed by atoms with Crippen molar-refractivity contribution in [1.29, 1.82) is 0 Å². The molecule has 1 heterocycles. The number of nitrogens with two attached hydrogens (primary N) is 1. The molecule has 0 spiro atoms. The number of rotatable bonds is 2. The molecule has 0 aliphatic rings. The molecule has 0 fully saturated rings. The topological polar surface area (TPSA) is 56.7 Å². The van der Waals surface area contributed by atoms with Gasteiger partial charge in [-0.3, -0.25) is 4.57 Å². The van der Waals surface area contributed by atoms with Crippen LogP contribution >= 0.6 is 0 Å². The van der Waals surface area contributed by atoms with Gasteiger partial charge in [-0.2, -0.15) is 0 Å². The van der Waals surface area contributed by atoms with Crippen LogP contribution in [-0.4, -0.2) is 14.8 Å². The van der Waals surface area contributed by atoms with Gasteiger partial charge in [0.2, 0.25) is 5.95 Å². The fraction of sp³-hybridized carbons (Fsp3) is 0.750. The Kier molecular flexibility index (Phi) is 2.35. The minimum atomic E-state index is 0.331. The molecule has 0 aliphatic carbocycles. The van der Waals surface area contributed by atoms with E-state index in [1.165, 1.54) is 0 Å². The Bertz CT molecular complexity index is 262. The molecule has 1 rings (SSSR count). The van der Waals surface area contributed by atoms with E-state index in [1.54, 1.807) is 0 Å². The molecule has 1 aromatic rings. The Hall–Kier alpha value is -1.06. The van der Waals surface area contributed by atoms with Crippen molar-refractivity contribution in [2.75, 3.05) is 5.73 Å². The van der Waals surface area contributed by atoms with Crippen molar-refractivity contribution in [3.63, 3.8) is 0 Å². The first-order chi connectivity index (χ1) is 5.54. The van der Waals surface area contributed by atoms with E-state index in [0.29, 0.717) is 17.9 Å². The zero-order chi connectivity index (χ0) is 9.30. The Morgan fingerprint density at radius 3 is 2.08 bits per heavy atom. The number of hydrogen-bond donors (Lipinski definition) is 1. The summed E-state index contributed by atoms with van der Waals surface area (Å²) < 4.78 is 1.96. The summed E-state index contributed by atoms with van der Waals surface area (Å²) in [6.45, 7) is 8.32. The van der Waals surface area contributed by atoms with Crippen LogP contribution in [0.3, 0.4) is 0 Å². The quantitative estimate of drug-likeness (QED) is 0.729. The maximum atomic E-state index is 5.67. The summed E-state index contributed by atoms with van der Waals surface area (Å²) in [6.07, 6.45) is 0. The van der Waals surface area contributed by atoms with Crippen LogP contribution in [0.15, 0.2) is 0 Å². The van der Waals surface area contributed by atoms with Crippen molar-refractivity contribution in [3.8, 4) is 0 Å². The third-order valence-corrected chi connectivity index (χ3v) is 1.78. The first-order valence-electron chi connectivity index (χ1n) is 4.24. The lowest BCUT2D eigenvalue weighted by Gasteiger charge is -2.13. The molecule has 0 saturated carbocycles. The van der Waals surface area contributed by atoms with Gasteiger partial charge in [-0.25, -0.2) is 0 Å². The number of anilines is 1. The number of nitrogen functional groups attached to an aromatic ring is 1. The van der Waals surface area contributed by atoms with E-state index in [4.69, 9.17) is 5.73 Å². The molecule has 4 heteroatoms. The molecule has 0 amide bonds. The maximum Gasteiger partial charge on any atom is 0.222 e. The number of hydrogen-bond acceptors (Lipinski definition) is 3. The maximum absolute atomic E-state index is 5.67. The highest BCUT2D eigenvalue weighted by Gasteiger charge is 2.14. The monoisotopic (exact) mass is 168 g/mol. The van der Waals surface area contributed by atoms with E-state index in [1.807, 2.05) is 4.57 Å². The second-order valence-corrected chi connectivity index (χ2v) is 3.53. The molecule has 68 valence electrons. The molecular formula is C8H16N4. The minimum Gasteiger partial charge on any atom is -0.368 e. The van der Waals surface area contributed by atoms with Gasteiger partial charge < -0.3 is 5.73 Å². The van der Waals surface area contributed by atoms with Gasteiger partial charge in [-0.1, -0.05) is 13.8 Å². The largest absolute Gasteiger partial charge is 0.368 e. The molecule has 0 atom stereocenters. The van der Waals surface area contributed by atoms with Crippen molar-refractivity contribution in [2.24, 2.45) is 0 Å². The van der Waals surface area contributed by atoms with Crippen LogP contribution in [0.2, 0.25) is 0 Å². The zero-order valence-electron chi connectivity index (χ0n) is 8.07. The predicted molar refractivity (Wildman–Crippen MR) is 48.9 cm³/mol. The van der Waals surface area contributed by atoms with Crippen LogP contribution in [0.5, 0.6) is 0 Å². The number of nitrogens with zero attached hydrogens (tertiary/aromatic N) is 3. The molecular weight excluding hydrogens is 152 g/mol. The Morgan fingerprint density at radius 1 is 1.17 bits per heavy atom. The van der Waals surface area contributed by atoms with Crippen LogP contribution < -0.4 is 5.73 Å². The van der Waals surface area contributed by atoms with E-state index >= 15 is 0 Å². The van der Waals surface area contributed by atoms with Crippen LogP contribution in [0, 0.1) is 0 Å². The van der Waals surface area contributed by atoms with Crippen molar-refractivity contribution >= 4 is 5.95 Å². The molecule has 0 bridgehead atoms. The normalized spacial score (nSPS) is 11.5. The van der Waals surface area contributed by atoms with Gasteiger partial charge in [0.1, 0.15) is 5.82 Å². The summed E-state index contributed by atoms with van der Waals surface area (Å²) in [4.78, 5) is 0. The van der Waals surface area contributed by atoms with E-state index < -0.39 is 0 Å². The molecule has 4 nitrogen and oxygen atoms in total. The summed E-state index contributed by atoms with van der Waals surface area (Å²) in [6, 6.07) is 0.331. The van der Waals surface area contributed by atoms with Crippen LogP contribution in [-0.2, 0) is 0 Å². The minimum absolute atomic E-state index is 0.331. The molecule has 0 unspecified atom stereocenters. The van der Waals surface area contributed by atoms with Gasteiger partial charge in [0, 0.05) is 12.0 Å². The lowest BCUT2D eigenvalue weighted by atomic mass is 10.2. The van der Waals surface area contributed by atoms with Crippen molar-refractivity contribution in [2.45, 2.75) is 39.7 Å². The van der Waals surface area contributed by atoms with Gasteiger partial charge in [-0.05, 0) is 13.8 Å². The van der Waals surface area contributed by atoms with Crippen molar-refractivity contribution in [3.05, 3.63) is 5.82 Å². The first-order valence-corrected chi connectivity index (χ1v) is 4.24. The average Bonchev–Trinajstić information content (AvgIpc) is 2.30. The SMILES string of the molecule is CC(C)c1nnc(N)n1C(C)C. The molecule has 0 aromatic carbocycles. The fourth-order valence-electron chi connectivity index (χ4n) is 1.24. The highest BCUT2D eigenvalue weighted by atomic mass is 15.3. The summed E-state index contributed by atoms with van der Waals surface area (Å²) in [5, 5.41) is 7.87. The van der Waals surface area contributed by atoms with Crippen LogP contribution in [0.25, 0.3) is 0 Å².